The molecule has 244 valence electrons. The molecule has 5 rings (SSSR count). The van der Waals surface area contributed by atoms with Gasteiger partial charge in [-0.3, -0.25) is 4.79 Å². The Kier molecular flexibility index (Phi) is 9.82. The van der Waals surface area contributed by atoms with Crippen LogP contribution in [0, 0.1) is 23.7 Å². The van der Waals surface area contributed by atoms with Crippen LogP contribution < -0.4 is 0 Å². The summed E-state index contributed by atoms with van der Waals surface area (Å²) in [6.45, 7) is 14.4. The van der Waals surface area contributed by atoms with E-state index in [4.69, 9.17) is 18.9 Å². The van der Waals surface area contributed by atoms with Crippen LogP contribution in [0.4, 0.5) is 0 Å². The number of esters is 1. The van der Waals surface area contributed by atoms with Gasteiger partial charge in [0, 0.05) is 25.2 Å². The number of rotatable bonds is 2. The summed E-state index contributed by atoms with van der Waals surface area (Å²) in [7, 11) is 0. The Hall–Kier alpha value is -2.07. The van der Waals surface area contributed by atoms with Crippen molar-refractivity contribution in [2.24, 2.45) is 23.7 Å². The van der Waals surface area contributed by atoms with E-state index < -0.39 is 47.7 Å². The Bertz CT molecular complexity index is 1240. The Morgan fingerprint density at radius 1 is 1.11 bits per heavy atom. The predicted octanol–water partition coefficient (Wildman–Crippen LogP) is 5.09. The molecule has 1 aliphatic carbocycles. The van der Waals surface area contributed by atoms with E-state index in [1.165, 1.54) is 5.57 Å². The van der Waals surface area contributed by atoms with Gasteiger partial charge in [0.2, 0.25) is 0 Å². The van der Waals surface area contributed by atoms with Crippen molar-refractivity contribution in [3.8, 4) is 0 Å². The molecule has 44 heavy (non-hydrogen) atoms. The van der Waals surface area contributed by atoms with Crippen LogP contribution in [0.2, 0.25) is 0 Å². The lowest BCUT2D eigenvalue weighted by Gasteiger charge is -2.51. The SMILES string of the molecule is CC1=CC2C(=O)OC3CC(C/C=C(/C)CC(C)/C=C\C=C4\COC(C1O)C42O)OC1(C3)CC(O)C(C)C(/C(C)=C/C(C)C)O1. The number of carbonyl (C=O) groups excluding carboxylic acids is 1. The summed E-state index contributed by atoms with van der Waals surface area (Å²) in [6, 6.07) is 0. The van der Waals surface area contributed by atoms with Gasteiger partial charge in [-0.05, 0) is 62.2 Å². The molecule has 0 aromatic carbocycles. The molecule has 4 heterocycles. The largest absolute Gasteiger partial charge is 0.462 e. The zero-order chi connectivity index (χ0) is 32.0. The van der Waals surface area contributed by atoms with Gasteiger partial charge in [0.25, 0.3) is 0 Å². The van der Waals surface area contributed by atoms with Gasteiger partial charge >= 0.3 is 5.97 Å². The molecule has 5 aliphatic rings. The monoisotopic (exact) mass is 612 g/mol. The lowest BCUT2D eigenvalue weighted by Crippen LogP contribution is -2.59. The number of allylic oxidation sites excluding steroid dienone is 5. The fraction of sp³-hybridized carbons (Fsp3) is 0.694. The Balaban J connectivity index is 1.52. The topological polar surface area (TPSA) is 115 Å². The van der Waals surface area contributed by atoms with E-state index in [9.17, 15) is 20.1 Å². The Labute approximate surface area is 262 Å². The third-order valence-corrected chi connectivity index (χ3v) is 10.1. The van der Waals surface area contributed by atoms with Crippen LogP contribution in [0.5, 0.6) is 0 Å². The van der Waals surface area contributed by atoms with Gasteiger partial charge in [0.15, 0.2) is 5.79 Å². The quantitative estimate of drug-likeness (QED) is 0.292. The van der Waals surface area contributed by atoms with Crippen molar-refractivity contribution in [1.82, 2.24) is 0 Å². The molecule has 0 radical (unpaired) electrons. The highest BCUT2D eigenvalue weighted by molar-refractivity contribution is 5.78. The van der Waals surface area contributed by atoms with Gasteiger partial charge < -0.3 is 34.3 Å². The van der Waals surface area contributed by atoms with Crippen molar-refractivity contribution < 1.29 is 39.1 Å². The summed E-state index contributed by atoms with van der Waals surface area (Å²) in [5.41, 5.74) is 1.64. The van der Waals surface area contributed by atoms with E-state index in [2.05, 4.69) is 45.9 Å². The molecule has 1 spiro atoms. The number of fused-ring (bicyclic) bond motifs is 2. The van der Waals surface area contributed by atoms with Crippen molar-refractivity contribution in [3.63, 3.8) is 0 Å². The Morgan fingerprint density at radius 3 is 2.59 bits per heavy atom. The first-order chi connectivity index (χ1) is 20.7. The first kappa shape index (κ1) is 33.3. The number of carbonyl (C=O) groups is 1. The average molecular weight is 613 g/mol. The molecular formula is C36H52O8. The van der Waals surface area contributed by atoms with Gasteiger partial charge in [0.05, 0.1) is 24.9 Å². The molecule has 0 saturated carbocycles. The number of aliphatic hydroxyl groups excluding tert-OH is 2. The van der Waals surface area contributed by atoms with Crippen molar-refractivity contribution in [3.05, 3.63) is 58.7 Å². The summed E-state index contributed by atoms with van der Waals surface area (Å²) in [5.74, 6) is -2.31. The molecule has 2 bridgehead atoms. The minimum absolute atomic E-state index is 0.109. The maximum atomic E-state index is 14.0. The highest BCUT2D eigenvalue weighted by Crippen LogP contribution is 2.47. The van der Waals surface area contributed by atoms with Gasteiger partial charge in [-0.2, -0.15) is 0 Å². The third-order valence-electron chi connectivity index (χ3n) is 10.1. The van der Waals surface area contributed by atoms with Gasteiger partial charge in [-0.15, -0.1) is 0 Å². The molecule has 3 N–H and O–H groups in total. The Morgan fingerprint density at radius 2 is 1.86 bits per heavy atom. The van der Waals surface area contributed by atoms with Crippen LogP contribution in [0.25, 0.3) is 0 Å². The first-order valence-electron chi connectivity index (χ1n) is 16.4. The van der Waals surface area contributed by atoms with Gasteiger partial charge in [0.1, 0.15) is 29.8 Å². The summed E-state index contributed by atoms with van der Waals surface area (Å²) in [4.78, 5) is 14.0. The maximum absolute atomic E-state index is 14.0. The fourth-order valence-electron chi connectivity index (χ4n) is 7.85. The van der Waals surface area contributed by atoms with Crippen molar-refractivity contribution in [1.29, 1.82) is 0 Å². The molecule has 8 heteroatoms. The number of ether oxygens (including phenoxy) is 4. The van der Waals surface area contributed by atoms with Crippen LogP contribution in [-0.4, -0.2) is 75.9 Å². The van der Waals surface area contributed by atoms with Crippen LogP contribution in [-0.2, 0) is 23.7 Å². The van der Waals surface area contributed by atoms with Crippen LogP contribution >= 0.6 is 0 Å². The van der Waals surface area contributed by atoms with Crippen LogP contribution in [0.3, 0.4) is 0 Å². The standard InChI is InChI=1S/C36H52O8/c1-20(2)13-24(6)32-25(7)30(37)18-35(44-32)17-28-16-27(43-35)12-11-22(4)14-21(3)9-8-10-26-19-41-33-31(38)23(5)15-29(34(39)42-28)36(26,33)40/h8-11,13,15,20-21,25,27-33,37-38,40H,12,14,16-19H2,1-7H3/b9-8-,22-11-,24-13+,26-10-. The molecule has 3 saturated heterocycles. The molecule has 0 aromatic rings. The molecule has 11 unspecified atom stereocenters. The van der Waals surface area contributed by atoms with Crippen LogP contribution in [0.1, 0.15) is 80.6 Å². The highest BCUT2D eigenvalue weighted by atomic mass is 16.7. The lowest BCUT2D eigenvalue weighted by atomic mass is 9.71. The maximum Gasteiger partial charge on any atom is 0.316 e. The van der Waals surface area contributed by atoms with E-state index in [0.29, 0.717) is 29.9 Å². The van der Waals surface area contributed by atoms with Gasteiger partial charge in [-0.25, -0.2) is 0 Å². The summed E-state index contributed by atoms with van der Waals surface area (Å²) >= 11 is 0. The number of hydrogen-bond donors (Lipinski definition) is 3. The first-order valence-corrected chi connectivity index (χ1v) is 16.4. The normalized spacial score (nSPS) is 46.8. The lowest BCUT2D eigenvalue weighted by molar-refractivity contribution is -0.342. The second-order valence-corrected chi connectivity index (χ2v) is 14.4. The second-order valence-electron chi connectivity index (χ2n) is 14.4. The van der Waals surface area contributed by atoms with E-state index in [0.717, 1.165) is 12.0 Å². The van der Waals surface area contributed by atoms with Crippen molar-refractivity contribution in [2.75, 3.05) is 6.61 Å². The summed E-state index contributed by atoms with van der Waals surface area (Å²) < 4.78 is 25.7. The highest BCUT2D eigenvalue weighted by Gasteiger charge is 2.60. The average Bonchev–Trinajstić information content (AvgIpc) is 3.27. The van der Waals surface area contributed by atoms with Crippen molar-refractivity contribution >= 4 is 5.97 Å². The molecule has 0 aromatic heterocycles. The fourth-order valence-corrected chi connectivity index (χ4v) is 7.85. The predicted molar refractivity (Wildman–Crippen MR) is 167 cm³/mol. The zero-order valence-corrected chi connectivity index (χ0v) is 27.4. The van der Waals surface area contributed by atoms with E-state index >= 15 is 0 Å². The molecule has 8 nitrogen and oxygen atoms in total. The third kappa shape index (κ3) is 6.58. The smallest absolute Gasteiger partial charge is 0.316 e. The second kappa shape index (κ2) is 13.0. The minimum atomic E-state index is -1.74. The van der Waals surface area contributed by atoms with E-state index in [1.807, 2.05) is 26.0 Å². The summed E-state index contributed by atoms with van der Waals surface area (Å²) in [5, 5.41) is 34.3. The molecule has 11 atom stereocenters. The minimum Gasteiger partial charge on any atom is -0.462 e. The molecule has 4 aliphatic heterocycles. The van der Waals surface area contributed by atoms with E-state index in [1.54, 1.807) is 13.0 Å². The molecule has 3 fully saturated rings. The number of aliphatic hydroxyl groups is 3. The number of hydrogen-bond acceptors (Lipinski definition) is 8. The summed E-state index contributed by atoms with van der Waals surface area (Å²) in [6.07, 6.45) is 10.4. The molecular weight excluding hydrogens is 560 g/mol. The van der Waals surface area contributed by atoms with Crippen molar-refractivity contribution in [2.45, 2.75) is 129 Å². The molecule has 0 amide bonds. The zero-order valence-electron chi connectivity index (χ0n) is 27.4. The van der Waals surface area contributed by atoms with Gasteiger partial charge in [-0.1, -0.05) is 69.7 Å². The van der Waals surface area contributed by atoms with Crippen LogP contribution in [0.15, 0.2) is 58.7 Å². The van der Waals surface area contributed by atoms with E-state index in [-0.39, 0.29) is 43.5 Å².